The van der Waals surface area contributed by atoms with Crippen molar-refractivity contribution in [3.05, 3.63) is 50.5 Å². The molecule has 2 rings (SSSR count). The van der Waals surface area contributed by atoms with Gasteiger partial charge in [-0.3, -0.25) is 4.79 Å². The summed E-state index contributed by atoms with van der Waals surface area (Å²) in [4.78, 5) is 36.3. The van der Waals surface area contributed by atoms with Crippen LogP contribution in [0.15, 0.2) is 23.0 Å². The Morgan fingerprint density at radius 3 is 2.32 bits per heavy atom. The van der Waals surface area contributed by atoms with Gasteiger partial charge in [0.05, 0.1) is 0 Å². The number of nitrogen functional groups attached to an aromatic ring is 1. The molecule has 0 fully saturated rings. The number of pyridine rings is 1. The molecular weight excluding hydrogens is 319 g/mol. The number of anilines is 1. The van der Waals surface area contributed by atoms with E-state index in [1.54, 1.807) is 0 Å². The highest BCUT2D eigenvalue weighted by Crippen LogP contribution is 2.32. The van der Waals surface area contributed by atoms with E-state index in [1.165, 1.54) is 6.07 Å². The van der Waals surface area contributed by atoms with E-state index in [0.29, 0.717) is 0 Å². The van der Waals surface area contributed by atoms with E-state index in [4.69, 9.17) is 22.4 Å². The third-order valence-corrected chi connectivity index (χ3v) is 3.11. The zero-order valence-corrected chi connectivity index (χ0v) is 11.4. The van der Waals surface area contributed by atoms with Crippen molar-refractivity contribution < 1.29 is 24.2 Å². The van der Waals surface area contributed by atoms with Crippen LogP contribution in [0.25, 0.3) is 11.1 Å². The summed E-state index contributed by atoms with van der Waals surface area (Å²) in [6.45, 7) is 0. The number of H-pyrrole nitrogens is 1. The van der Waals surface area contributed by atoms with Gasteiger partial charge in [0.1, 0.15) is 22.8 Å². The molecule has 0 saturated heterocycles. The van der Waals surface area contributed by atoms with Gasteiger partial charge in [-0.1, -0.05) is 11.6 Å². The smallest absolute Gasteiger partial charge is 0.342 e. The molecular formula is C13H8ClFN2O5. The number of aromatic amines is 1. The molecule has 0 amide bonds. The Labute approximate surface area is 126 Å². The number of nitrogens with two attached hydrogens (primary N) is 1. The number of aromatic carboxylic acids is 2. The van der Waals surface area contributed by atoms with Crippen LogP contribution < -0.4 is 11.3 Å². The molecule has 1 heterocycles. The van der Waals surface area contributed by atoms with Gasteiger partial charge >= 0.3 is 11.9 Å². The van der Waals surface area contributed by atoms with Crippen molar-refractivity contribution in [3.63, 3.8) is 0 Å². The first-order valence-electron chi connectivity index (χ1n) is 5.71. The first kappa shape index (κ1) is 15.5. The van der Waals surface area contributed by atoms with Crippen LogP contribution in [0.5, 0.6) is 0 Å². The van der Waals surface area contributed by atoms with Crippen molar-refractivity contribution in [1.82, 2.24) is 4.98 Å². The largest absolute Gasteiger partial charge is 0.478 e. The zero-order valence-electron chi connectivity index (χ0n) is 10.7. The standard InChI is InChI=1S/C13H8ClFN2O5/c14-4-1-2-6(15)5(3-4)7-8(12(19)20)10(16)17-11(18)9(7)13(21)22/h1-3H,(H,19,20)(H,21,22)(H3,16,17,18). The minimum absolute atomic E-state index is 0.0305. The second-order valence-electron chi connectivity index (χ2n) is 4.23. The monoisotopic (exact) mass is 326 g/mol. The number of hydrogen-bond acceptors (Lipinski definition) is 4. The van der Waals surface area contributed by atoms with Crippen molar-refractivity contribution in [2.75, 3.05) is 5.73 Å². The molecule has 1 aromatic heterocycles. The van der Waals surface area contributed by atoms with Gasteiger partial charge in [-0.2, -0.15) is 0 Å². The van der Waals surface area contributed by atoms with E-state index >= 15 is 0 Å². The first-order valence-corrected chi connectivity index (χ1v) is 6.09. The lowest BCUT2D eigenvalue weighted by molar-refractivity contribution is 0.0695. The minimum Gasteiger partial charge on any atom is -0.478 e. The fraction of sp³-hybridized carbons (Fsp3) is 0. The lowest BCUT2D eigenvalue weighted by Crippen LogP contribution is -2.24. The average molecular weight is 327 g/mol. The quantitative estimate of drug-likeness (QED) is 0.679. The molecule has 7 nitrogen and oxygen atoms in total. The van der Waals surface area contributed by atoms with E-state index in [0.717, 1.165) is 12.1 Å². The van der Waals surface area contributed by atoms with E-state index in [-0.39, 0.29) is 5.02 Å². The number of nitrogens with one attached hydrogen (secondary N) is 1. The lowest BCUT2D eigenvalue weighted by Gasteiger charge is -2.13. The number of hydrogen-bond donors (Lipinski definition) is 4. The molecule has 0 bridgehead atoms. The predicted octanol–water partition coefficient (Wildman–Crippen LogP) is 1.81. The molecule has 0 aliphatic rings. The number of aromatic nitrogens is 1. The van der Waals surface area contributed by atoms with Gasteiger partial charge in [0.25, 0.3) is 5.56 Å². The Bertz CT molecular complexity index is 862. The SMILES string of the molecule is Nc1[nH]c(=O)c(C(=O)O)c(-c2cc(Cl)ccc2F)c1C(=O)O. The maximum Gasteiger partial charge on any atom is 0.342 e. The summed E-state index contributed by atoms with van der Waals surface area (Å²) >= 11 is 5.73. The zero-order chi connectivity index (χ0) is 16.6. The highest BCUT2D eigenvalue weighted by Gasteiger charge is 2.28. The van der Waals surface area contributed by atoms with Crippen LogP contribution in [0.2, 0.25) is 5.02 Å². The summed E-state index contributed by atoms with van der Waals surface area (Å²) in [5.74, 6) is -4.87. The van der Waals surface area contributed by atoms with Gasteiger partial charge in [-0.05, 0) is 18.2 Å². The number of rotatable bonds is 3. The van der Waals surface area contributed by atoms with Crippen LogP contribution in [-0.4, -0.2) is 27.1 Å². The van der Waals surface area contributed by atoms with Crippen molar-refractivity contribution in [2.24, 2.45) is 0 Å². The molecule has 0 saturated carbocycles. The number of benzene rings is 1. The van der Waals surface area contributed by atoms with E-state index in [9.17, 15) is 23.9 Å². The van der Waals surface area contributed by atoms with Crippen LogP contribution in [0.4, 0.5) is 10.2 Å². The predicted molar refractivity (Wildman–Crippen MR) is 75.8 cm³/mol. The number of carboxylic acids is 2. The Morgan fingerprint density at radius 1 is 1.18 bits per heavy atom. The van der Waals surface area contributed by atoms with Gasteiger partial charge in [-0.25, -0.2) is 14.0 Å². The Kier molecular flexibility index (Phi) is 3.87. The Morgan fingerprint density at radius 2 is 1.77 bits per heavy atom. The number of carbonyl (C=O) groups is 2. The topological polar surface area (TPSA) is 133 Å². The third kappa shape index (κ3) is 2.51. The lowest BCUT2D eigenvalue weighted by atomic mass is 9.95. The molecule has 9 heteroatoms. The summed E-state index contributed by atoms with van der Waals surface area (Å²) < 4.78 is 14.0. The van der Waals surface area contributed by atoms with E-state index in [1.807, 2.05) is 4.98 Å². The molecule has 0 aliphatic carbocycles. The summed E-state index contributed by atoms with van der Waals surface area (Å²) in [5, 5.41) is 18.4. The molecule has 22 heavy (non-hydrogen) atoms. The van der Waals surface area contributed by atoms with Crippen molar-refractivity contribution in [3.8, 4) is 11.1 Å². The summed E-state index contributed by atoms with van der Waals surface area (Å²) in [5.41, 5.74) is 1.54. The second-order valence-corrected chi connectivity index (χ2v) is 4.66. The molecule has 5 N–H and O–H groups in total. The second kappa shape index (κ2) is 5.49. The number of carboxylic acid groups (broad SMARTS) is 2. The Balaban J connectivity index is 3.06. The number of halogens is 2. The fourth-order valence-electron chi connectivity index (χ4n) is 2.01. The average Bonchev–Trinajstić information content (AvgIpc) is 2.39. The van der Waals surface area contributed by atoms with Crippen molar-refractivity contribution >= 4 is 29.4 Å². The molecule has 0 spiro atoms. The molecule has 1 aromatic carbocycles. The normalized spacial score (nSPS) is 10.5. The Hall–Kier alpha value is -2.87. The molecule has 114 valence electrons. The van der Waals surface area contributed by atoms with E-state index < -0.39 is 51.4 Å². The fourth-order valence-corrected chi connectivity index (χ4v) is 2.18. The molecule has 0 atom stereocenters. The van der Waals surface area contributed by atoms with Gasteiger partial charge in [-0.15, -0.1) is 0 Å². The van der Waals surface area contributed by atoms with Crippen LogP contribution >= 0.6 is 11.6 Å². The molecule has 0 unspecified atom stereocenters. The maximum absolute atomic E-state index is 14.0. The molecule has 0 radical (unpaired) electrons. The van der Waals surface area contributed by atoms with Crippen molar-refractivity contribution in [1.29, 1.82) is 0 Å². The first-order chi connectivity index (χ1) is 10.2. The summed E-state index contributed by atoms with van der Waals surface area (Å²) in [7, 11) is 0. The van der Waals surface area contributed by atoms with Gasteiger partial charge in [0, 0.05) is 16.1 Å². The van der Waals surface area contributed by atoms with Gasteiger partial charge < -0.3 is 20.9 Å². The highest BCUT2D eigenvalue weighted by molar-refractivity contribution is 6.31. The third-order valence-electron chi connectivity index (χ3n) is 2.87. The van der Waals surface area contributed by atoms with Crippen LogP contribution in [-0.2, 0) is 0 Å². The molecule has 0 aliphatic heterocycles. The maximum atomic E-state index is 14.0. The van der Waals surface area contributed by atoms with Crippen LogP contribution in [0.1, 0.15) is 20.7 Å². The summed E-state index contributed by atoms with van der Waals surface area (Å²) in [6.07, 6.45) is 0. The van der Waals surface area contributed by atoms with E-state index in [2.05, 4.69) is 0 Å². The summed E-state index contributed by atoms with van der Waals surface area (Å²) in [6, 6.07) is 3.13. The van der Waals surface area contributed by atoms with Gasteiger partial charge in [0.15, 0.2) is 0 Å². The van der Waals surface area contributed by atoms with Crippen LogP contribution in [0, 0.1) is 5.82 Å². The van der Waals surface area contributed by atoms with Crippen molar-refractivity contribution in [2.45, 2.75) is 0 Å². The molecule has 2 aromatic rings. The van der Waals surface area contributed by atoms with Crippen LogP contribution in [0.3, 0.4) is 0 Å². The minimum atomic E-state index is -1.72. The van der Waals surface area contributed by atoms with Gasteiger partial charge in [0.2, 0.25) is 0 Å². The highest BCUT2D eigenvalue weighted by atomic mass is 35.5.